The third-order valence-electron chi connectivity index (χ3n) is 3.25. The molecule has 0 aromatic rings. The Hall–Kier alpha value is -0.160. The summed E-state index contributed by atoms with van der Waals surface area (Å²) in [6.07, 6.45) is 1.11. The predicted octanol–water partition coefficient (Wildman–Crippen LogP) is 0.722. The second kappa shape index (κ2) is 8.01. The second-order valence-corrected chi connectivity index (χ2v) is 4.22. The van der Waals surface area contributed by atoms with E-state index in [0.717, 1.165) is 45.9 Å². The lowest BCUT2D eigenvalue weighted by Crippen LogP contribution is -2.56. The van der Waals surface area contributed by atoms with Crippen LogP contribution in [0.25, 0.3) is 0 Å². The van der Waals surface area contributed by atoms with Crippen molar-refractivity contribution in [2.75, 3.05) is 46.6 Å². The molecule has 2 unspecified atom stereocenters. The van der Waals surface area contributed by atoms with Gasteiger partial charge in [0.15, 0.2) is 0 Å². The van der Waals surface area contributed by atoms with Gasteiger partial charge in [-0.25, -0.2) is 0 Å². The number of hydrogen-bond acceptors (Lipinski definition) is 4. The van der Waals surface area contributed by atoms with Gasteiger partial charge in [0.2, 0.25) is 0 Å². The smallest absolute Gasteiger partial charge is 0.0637 e. The number of methoxy groups -OCH3 is 1. The molecule has 2 atom stereocenters. The molecule has 0 radical (unpaired) electrons. The Balaban J connectivity index is 2.49. The molecule has 1 N–H and O–H groups in total. The van der Waals surface area contributed by atoms with E-state index >= 15 is 0 Å². The zero-order valence-electron chi connectivity index (χ0n) is 10.9. The maximum atomic E-state index is 5.60. The minimum atomic E-state index is 0.494. The van der Waals surface area contributed by atoms with Crippen LogP contribution in [0.2, 0.25) is 0 Å². The van der Waals surface area contributed by atoms with Crippen LogP contribution in [0.1, 0.15) is 20.3 Å². The number of likely N-dealkylation sites (N-methyl/N-ethyl adjacent to an activating group) is 2. The van der Waals surface area contributed by atoms with Crippen molar-refractivity contribution in [3.63, 3.8) is 0 Å². The Morgan fingerprint density at radius 1 is 1.44 bits per heavy atom. The van der Waals surface area contributed by atoms with Crippen molar-refractivity contribution in [2.24, 2.45) is 0 Å². The molecule has 1 saturated heterocycles. The number of nitrogens with one attached hydrogen (secondary N) is 1. The van der Waals surface area contributed by atoms with E-state index in [1.165, 1.54) is 0 Å². The van der Waals surface area contributed by atoms with E-state index < -0.39 is 0 Å². The summed E-state index contributed by atoms with van der Waals surface area (Å²) in [7, 11) is 1.76. The normalized spacial score (nSPS) is 26.2. The molecule has 0 amide bonds. The van der Waals surface area contributed by atoms with Crippen molar-refractivity contribution >= 4 is 0 Å². The highest BCUT2D eigenvalue weighted by molar-refractivity contribution is 4.86. The molecule has 16 heavy (non-hydrogen) atoms. The summed E-state index contributed by atoms with van der Waals surface area (Å²) in [6.45, 7) is 9.96. The third kappa shape index (κ3) is 4.01. The van der Waals surface area contributed by atoms with Gasteiger partial charge in [-0.2, -0.15) is 0 Å². The van der Waals surface area contributed by atoms with Crippen molar-refractivity contribution in [3.05, 3.63) is 0 Å². The maximum absolute atomic E-state index is 5.60. The number of hydrogen-bond donors (Lipinski definition) is 1. The Labute approximate surface area is 99.3 Å². The molecule has 4 nitrogen and oxygen atoms in total. The van der Waals surface area contributed by atoms with Crippen LogP contribution in [0, 0.1) is 0 Å². The van der Waals surface area contributed by atoms with Gasteiger partial charge >= 0.3 is 0 Å². The van der Waals surface area contributed by atoms with Gasteiger partial charge in [-0.1, -0.05) is 13.8 Å². The first-order chi connectivity index (χ1) is 7.83. The molecule has 96 valence electrons. The van der Waals surface area contributed by atoms with E-state index in [1.807, 2.05) is 0 Å². The molecular formula is C12H26N2O2. The number of ether oxygens (including phenoxy) is 2. The van der Waals surface area contributed by atoms with Gasteiger partial charge in [0, 0.05) is 32.3 Å². The topological polar surface area (TPSA) is 33.7 Å². The van der Waals surface area contributed by atoms with Crippen LogP contribution in [0.5, 0.6) is 0 Å². The van der Waals surface area contributed by atoms with Gasteiger partial charge in [0.25, 0.3) is 0 Å². The molecular weight excluding hydrogens is 204 g/mol. The highest BCUT2D eigenvalue weighted by Crippen LogP contribution is 2.14. The van der Waals surface area contributed by atoms with Crippen LogP contribution < -0.4 is 5.32 Å². The Morgan fingerprint density at radius 3 is 2.88 bits per heavy atom. The summed E-state index contributed by atoms with van der Waals surface area (Å²) < 4.78 is 10.8. The van der Waals surface area contributed by atoms with Gasteiger partial charge in [-0.05, 0) is 19.5 Å². The Kier molecular flexibility index (Phi) is 6.96. The largest absolute Gasteiger partial charge is 0.383 e. The summed E-state index contributed by atoms with van der Waals surface area (Å²) in [5, 5.41) is 3.56. The first kappa shape index (κ1) is 13.9. The van der Waals surface area contributed by atoms with Crippen LogP contribution in [-0.4, -0.2) is 63.5 Å². The van der Waals surface area contributed by atoms with Crippen LogP contribution >= 0.6 is 0 Å². The minimum Gasteiger partial charge on any atom is -0.383 e. The molecule has 4 heteroatoms. The zero-order valence-corrected chi connectivity index (χ0v) is 10.9. The van der Waals surface area contributed by atoms with Crippen LogP contribution in [-0.2, 0) is 9.47 Å². The van der Waals surface area contributed by atoms with Gasteiger partial charge < -0.3 is 14.8 Å². The van der Waals surface area contributed by atoms with Crippen molar-refractivity contribution < 1.29 is 9.47 Å². The van der Waals surface area contributed by atoms with Gasteiger partial charge in [0.05, 0.1) is 13.2 Å². The molecule has 1 fully saturated rings. The van der Waals surface area contributed by atoms with Gasteiger partial charge in [0.1, 0.15) is 0 Å². The van der Waals surface area contributed by atoms with Crippen molar-refractivity contribution in [1.82, 2.24) is 10.2 Å². The van der Waals surface area contributed by atoms with E-state index in [1.54, 1.807) is 7.11 Å². The highest BCUT2D eigenvalue weighted by atomic mass is 16.5. The second-order valence-electron chi connectivity index (χ2n) is 4.22. The summed E-state index contributed by atoms with van der Waals surface area (Å²) in [5.74, 6) is 0. The van der Waals surface area contributed by atoms with E-state index in [4.69, 9.17) is 9.47 Å². The molecule has 1 heterocycles. The summed E-state index contributed by atoms with van der Waals surface area (Å²) in [4.78, 5) is 2.45. The van der Waals surface area contributed by atoms with Gasteiger partial charge in [-0.3, -0.25) is 4.90 Å². The fourth-order valence-electron chi connectivity index (χ4n) is 2.35. The van der Waals surface area contributed by atoms with E-state index in [-0.39, 0.29) is 0 Å². The maximum Gasteiger partial charge on any atom is 0.0637 e. The summed E-state index contributed by atoms with van der Waals surface area (Å²) in [5.41, 5.74) is 0. The average Bonchev–Trinajstić information content (AvgIpc) is 2.32. The first-order valence-electron chi connectivity index (χ1n) is 6.37. The van der Waals surface area contributed by atoms with Crippen LogP contribution in [0.3, 0.4) is 0 Å². The third-order valence-corrected chi connectivity index (χ3v) is 3.25. The fraction of sp³-hybridized carbons (Fsp3) is 1.00. The molecule has 0 saturated carbocycles. The number of nitrogens with zero attached hydrogens (tertiary/aromatic N) is 1. The monoisotopic (exact) mass is 230 g/mol. The molecule has 0 aromatic carbocycles. The zero-order chi connectivity index (χ0) is 11.8. The van der Waals surface area contributed by atoms with Crippen molar-refractivity contribution in [1.29, 1.82) is 0 Å². The predicted molar refractivity (Wildman–Crippen MR) is 65.8 cm³/mol. The Bertz CT molecular complexity index is 176. The SMILES string of the molecule is CCNC1CCOCC1N(CC)CCOC. The lowest BCUT2D eigenvalue weighted by Gasteiger charge is -2.39. The van der Waals surface area contributed by atoms with E-state index in [2.05, 4.69) is 24.1 Å². The molecule has 0 spiro atoms. The van der Waals surface area contributed by atoms with Crippen molar-refractivity contribution in [2.45, 2.75) is 32.4 Å². The van der Waals surface area contributed by atoms with Crippen LogP contribution in [0.15, 0.2) is 0 Å². The molecule has 0 aromatic heterocycles. The van der Waals surface area contributed by atoms with Crippen LogP contribution in [0.4, 0.5) is 0 Å². The first-order valence-corrected chi connectivity index (χ1v) is 6.37. The summed E-state index contributed by atoms with van der Waals surface area (Å²) >= 11 is 0. The molecule has 1 rings (SSSR count). The standard InChI is InChI=1S/C12H26N2O2/c1-4-13-11-6-8-16-10-12(11)14(5-2)7-9-15-3/h11-13H,4-10H2,1-3H3. The molecule has 1 aliphatic heterocycles. The van der Waals surface area contributed by atoms with Crippen molar-refractivity contribution in [3.8, 4) is 0 Å². The number of rotatable bonds is 7. The molecule has 0 bridgehead atoms. The average molecular weight is 230 g/mol. The quantitative estimate of drug-likeness (QED) is 0.699. The fourth-order valence-corrected chi connectivity index (χ4v) is 2.35. The molecule has 0 aliphatic carbocycles. The lowest BCUT2D eigenvalue weighted by atomic mass is 10.0. The lowest BCUT2D eigenvalue weighted by molar-refractivity contribution is -0.00821. The van der Waals surface area contributed by atoms with E-state index in [9.17, 15) is 0 Å². The Morgan fingerprint density at radius 2 is 2.25 bits per heavy atom. The highest BCUT2D eigenvalue weighted by Gasteiger charge is 2.29. The van der Waals surface area contributed by atoms with E-state index in [0.29, 0.717) is 12.1 Å². The summed E-state index contributed by atoms with van der Waals surface area (Å²) in [6, 6.07) is 1.06. The van der Waals surface area contributed by atoms with Gasteiger partial charge in [-0.15, -0.1) is 0 Å². The molecule has 1 aliphatic rings. The minimum absolute atomic E-state index is 0.494.